The Hall–Kier alpha value is -0.570. The second-order valence-corrected chi connectivity index (χ2v) is 4.35. The maximum atomic E-state index is 11.3. The van der Waals surface area contributed by atoms with Gasteiger partial charge in [-0.15, -0.1) is 0 Å². The van der Waals surface area contributed by atoms with E-state index in [9.17, 15) is 4.79 Å². The summed E-state index contributed by atoms with van der Waals surface area (Å²) < 4.78 is 0. The van der Waals surface area contributed by atoms with Crippen LogP contribution in [0.15, 0.2) is 0 Å². The number of likely N-dealkylation sites (tertiary alicyclic amines) is 1. The van der Waals surface area contributed by atoms with Gasteiger partial charge in [0.05, 0.1) is 0 Å². The summed E-state index contributed by atoms with van der Waals surface area (Å²) in [7, 11) is 0. The Morgan fingerprint density at radius 2 is 2.17 bits per heavy atom. The zero-order valence-electron chi connectivity index (χ0n) is 8.00. The molecule has 1 heterocycles. The highest BCUT2D eigenvalue weighted by molar-refractivity contribution is 5.80. The number of hydrogen-bond acceptors (Lipinski definition) is 2. The molecule has 0 spiro atoms. The minimum Gasteiger partial charge on any atom is -0.384 e. The molecule has 12 heavy (non-hydrogen) atoms. The van der Waals surface area contributed by atoms with Crippen LogP contribution in [0.2, 0.25) is 0 Å². The predicted molar refractivity (Wildman–Crippen MR) is 46.7 cm³/mol. The lowest BCUT2D eigenvalue weighted by Crippen LogP contribution is -2.36. The maximum absolute atomic E-state index is 11.3. The van der Waals surface area contributed by atoms with Crippen molar-refractivity contribution in [3.8, 4) is 0 Å². The second kappa shape index (κ2) is 3.05. The maximum Gasteiger partial charge on any atom is 0.251 e. The molecule has 1 fully saturated rings. The van der Waals surface area contributed by atoms with E-state index in [0.29, 0.717) is 0 Å². The smallest absolute Gasteiger partial charge is 0.251 e. The summed E-state index contributed by atoms with van der Waals surface area (Å²) in [6.45, 7) is 7.37. The fourth-order valence-electron chi connectivity index (χ4n) is 1.56. The Kier molecular flexibility index (Phi) is 2.42. The first-order chi connectivity index (χ1) is 5.42. The third-order valence-electron chi connectivity index (χ3n) is 2.35. The van der Waals surface area contributed by atoms with Crippen molar-refractivity contribution in [2.45, 2.75) is 33.3 Å². The Labute approximate surface area is 73.4 Å². The van der Waals surface area contributed by atoms with Crippen molar-refractivity contribution in [2.24, 2.45) is 5.41 Å². The molecule has 0 saturated carbocycles. The molecule has 0 aromatic carbocycles. The summed E-state index contributed by atoms with van der Waals surface area (Å²) in [5, 5.41) is 9.06. The van der Waals surface area contributed by atoms with Gasteiger partial charge in [-0.3, -0.25) is 4.79 Å². The van der Waals surface area contributed by atoms with E-state index in [0.717, 1.165) is 19.5 Å². The largest absolute Gasteiger partial charge is 0.384 e. The first-order valence-electron chi connectivity index (χ1n) is 4.39. The standard InChI is InChI=1S/C9H17NO2/c1-7(11)8(12)10-5-4-9(2,3)6-10/h7,11H,4-6H2,1-3H3/t7-/m0/s1. The van der Waals surface area contributed by atoms with Crippen LogP contribution in [-0.4, -0.2) is 35.1 Å². The van der Waals surface area contributed by atoms with E-state index in [-0.39, 0.29) is 11.3 Å². The Bertz CT molecular complexity index is 187. The molecule has 0 aromatic rings. The topological polar surface area (TPSA) is 40.5 Å². The van der Waals surface area contributed by atoms with Crippen molar-refractivity contribution in [1.29, 1.82) is 0 Å². The van der Waals surface area contributed by atoms with Gasteiger partial charge in [-0.1, -0.05) is 13.8 Å². The van der Waals surface area contributed by atoms with Crippen LogP contribution in [0.4, 0.5) is 0 Å². The monoisotopic (exact) mass is 171 g/mol. The van der Waals surface area contributed by atoms with E-state index in [2.05, 4.69) is 13.8 Å². The van der Waals surface area contributed by atoms with Gasteiger partial charge in [0.25, 0.3) is 5.91 Å². The molecule has 0 bridgehead atoms. The van der Waals surface area contributed by atoms with Crippen LogP contribution in [0, 0.1) is 5.41 Å². The average Bonchev–Trinajstić information content (AvgIpc) is 2.28. The minimum atomic E-state index is -0.848. The minimum absolute atomic E-state index is 0.138. The zero-order chi connectivity index (χ0) is 9.35. The molecule has 0 aliphatic carbocycles. The first-order valence-corrected chi connectivity index (χ1v) is 4.39. The number of carbonyl (C=O) groups excluding carboxylic acids is 1. The van der Waals surface area contributed by atoms with Gasteiger partial charge in [0.1, 0.15) is 6.10 Å². The van der Waals surface area contributed by atoms with E-state index < -0.39 is 6.10 Å². The van der Waals surface area contributed by atoms with Gasteiger partial charge in [-0.05, 0) is 18.8 Å². The Morgan fingerprint density at radius 3 is 2.50 bits per heavy atom. The molecule has 1 aliphatic heterocycles. The molecule has 1 rings (SSSR count). The third-order valence-corrected chi connectivity index (χ3v) is 2.35. The molecule has 1 atom stereocenters. The lowest BCUT2D eigenvalue weighted by molar-refractivity contribution is -0.138. The summed E-state index contributed by atoms with van der Waals surface area (Å²) in [6.07, 6.45) is 0.185. The first kappa shape index (κ1) is 9.52. The summed E-state index contributed by atoms with van der Waals surface area (Å²) in [5.74, 6) is -0.138. The summed E-state index contributed by atoms with van der Waals surface area (Å²) in [5.41, 5.74) is 0.227. The summed E-state index contributed by atoms with van der Waals surface area (Å²) in [4.78, 5) is 13.0. The van der Waals surface area contributed by atoms with E-state index in [1.165, 1.54) is 6.92 Å². The zero-order valence-corrected chi connectivity index (χ0v) is 8.00. The molecule has 70 valence electrons. The van der Waals surface area contributed by atoms with Crippen molar-refractivity contribution in [1.82, 2.24) is 4.90 Å². The molecule has 3 heteroatoms. The number of hydrogen-bond donors (Lipinski definition) is 1. The van der Waals surface area contributed by atoms with Crippen LogP contribution in [0.1, 0.15) is 27.2 Å². The normalized spacial score (nSPS) is 24.2. The lowest BCUT2D eigenvalue weighted by atomic mass is 9.93. The van der Waals surface area contributed by atoms with Crippen LogP contribution in [0.3, 0.4) is 0 Å². The molecule has 0 radical (unpaired) electrons. The molecular formula is C9H17NO2. The van der Waals surface area contributed by atoms with Gasteiger partial charge in [0, 0.05) is 13.1 Å². The number of amides is 1. The molecule has 1 saturated heterocycles. The highest BCUT2D eigenvalue weighted by Crippen LogP contribution is 2.28. The van der Waals surface area contributed by atoms with Gasteiger partial charge in [0.15, 0.2) is 0 Å². The van der Waals surface area contributed by atoms with E-state index >= 15 is 0 Å². The second-order valence-electron chi connectivity index (χ2n) is 4.35. The van der Waals surface area contributed by atoms with Crippen LogP contribution in [-0.2, 0) is 4.79 Å². The van der Waals surface area contributed by atoms with Gasteiger partial charge in [-0.25, -0.2) is 0 Å². The third kappa shape index (κ3) is 1.97. The number of aliphatic hydroxyl groups excluding tert-OH is 1. The van der Waals surface area contributed by atoms with Crippen LogP contribution in [0.25, 0.3) is 0 Å². The lowest BCUT2D eigenvalue weighted by Gasteiger charge is -2.20. The predicted octanol–water partition coefficient (Wildman–Crippen LogP) is 0.626. The van der Waals surface area contributed by atoms with Gasteiger partial charge >= 0.3 is 0 Å². The average molecular weight is 171 g/mol. The van der Waals surface area contributed by atoms with Crippen molar-refractivity contribution in [3.63, 3.8) is 0 Å². The van der Waals surface area contributed by atoms with Crippen LogP contribution < -0.4 is 0 Å². The SMILES string of the molecule is C[C@H](O)C(=O)N1CCC(C)(C)C1. The highest BCUT2D eigenvalue weighted by atomic mass is 16.3. The number of nitrogens with zero attached hydrogens (tertiary/aromatic N) is 1. The van der Waals surface area contributed by atoms with E-state index in [4.69, 9.17) is 5.11 Å². The van der Waals surface area contributed by atoms with Crippen LogP contribution >= 0.6 is 0 Å². The van der Waals surface area contributed by atoms with Crippen molar-refractivity contribution in [2.75, 3.05) is 13.1 Å². The molecule has 1 aliphatic rings. The fraction of sp³-hybridized carbons (Fsp3) is 0.889. The number of rotatable bonds is 1. The van der Waals surface area contributed by atoms with Crippen molar-refractivity contribution < 1.29 is 9.90 Å². The fourth-order valence-corrected chi connectivity index (χ4v) is 1.56. The number of aliphatic hydroxyl groups is 1. The number of carbonyl (C=O) groups is 1. The molecular weight excluding hydrogens is 154 g/mol. The van der Waals surface area contributed by atoms with Crippen molar-refractivity contribution >= 4 is 5.91 Å². The van der Waals surface area contributed by atoms with Gasteiger partial charge in [0.2, 0.25) is 0 Å². The molecule has 0 aromatic heterocycles. The molecule has 1 N–H and O–H groups in total. The molecule has 3 nitrogen and oxygen atoms in total. The summed E-state index contributed by atoms with van der Waals surface area (Å²) in [6, 6.07) is 0. The molecule has 1 amide bonds. The van der Waals surface area contributed by atoms with Crippen molar-refractivity contribution in [3.05, 3.63) is 0 Å². The van der Waals surface area contributed by atoms with Gasteiger partial charge in [-0.2, -0.15) is 0 Å². The van der Waals surface area contributed by atoms with Crippen LogP contribution in [0.5, 0.6) is 0 Å². The quantitative estimate of drug-likeness (QED) is 0.628. The summed E-state index contributed by atoms with van der Waals surface area (Å²) >= 11 is 0. The van der Waals surface area contributed by atoms with E-state index in [1.807, 2.05) is 0 Å². The van der Waals surface area contributed by atoms with E-state index in [1.54, 1.807) is 4.90 Å². The van der Waals surface area contributed by atoms with Gasteiger partial charge < -0.3 is 10.0 Å². The Morgan fingerprint density at radius 1 is 1.58 bits per heavy atom. The molecule has 0 unspecified atom stereocenters. The Balaban J connectivity index is 2.53. The highest BCUT2D eigenvalue weighted by Gasteiger charge is 2.33.